The lowest BCUT2D eigenvalue weighted by Gasteiger charge is -2.09. The highest BCUT2D eigenvalue weighted by Gasteiger charge is 2.15. The number of hydrogen-bond donors (Lipinski definition) is 3. The van der Waals surface area contributed by atoms with E-state index in [2.05, 4.69) is 33.2 Å². The second kappa shape index (κ2) is 6.57. The minimum Gasteiger partial charge on any atom is -0.508 e. The standard InChI is InChI=1S/C15H13IN2O3/c1-9-8-10(16)2-7-13(9)18-15(21)14(20)17-11-3-5-12(19)6-4-11/h2-8,19H,1H3,(H,17,20)(H,18,21). The van der Waals surface area contributed by atoms with Crippen molar-refractivity contribution in [3.63, 3.8) is 0 Å². The van der Waals surface area contributed by atoms with E-state index < -0.39 is 11.8 Å². The molecular weight excluding hydrogens is 383 g/mol. The van der Waals surface area contributed by atoms with Crippen LogP contribution in [0.3, 0.4) is 0 Å². The second-order valence-electron chi connectivity index (χ2n) is 4.41. The lowest BCUT2D eigenvalue weighted by atomic mass is 10.2. The fraction of sp³-hybridized carbons (Fsp3) is 0.0667. The van der Waals surface area contributed by atoms with Crippen molar-refractivity contribution in [1.29, 1.82) is 0 Å². The highest BCUT2D eigenvalue weighted by molar-refractivity contribution is 14.1. The van der Waals surface area contributed by atoms with Gasteiger partial charge in [-0.25, -0.2) is 0 Å². The Kier molecular flexibility index (Phi) is 4.79. The summed E-state index contributed by atoms with van der Waals surface area (Å²) < 4.78 is 1.05. The Morgan fingerprint density at radius 2 is 1.62 bits per heavy atom. The summed E-state index contributed by atoms with van der Waals surface area (Å²) in [6, 6.07) is 11.4. The molecule has 0 atom stereocenters. The zero-order chi connectivity index (χ0) is 15.4. The molecule has 3 N–H and O–H groups in total. The van der Waals surface area contributed by atoms with Gasteiger partial charge in [0.25, 0.3) is 0 Å². The van der Waals surface area contributed by atoms with Crippen LogP contribution in [-0.4, -0.2) is 16.9 Å². The number of phenolic OH excluding ortho intramolecular Hbond substituents is 1. The SMILES string of the molecule is Cc1cc(I)ccc1NC(=O)C(=O)Nc1ccc(O)cc1. The Bertz CT molecular complexity index is 684. The van der Waals surface area contributed by atoms with Gasteiger partial charge < -0.3 is 15.7 Å². The zero-order valence-electron chi connectivity index (χ0n) is 11.2. The van der Waals surface area contributed by atoms with Gasteiger partial charge in [0.2, 0.25) is 0 Å². The van der Waals surface area contributed by atoms with Gasteiger partial charge in [0.05, 0.1) is 0 Å². The molecule has 5 nitrogen and oxygen atoms in total. The molecule has 2 aromatic rings. The van der Waals surface area contributed by atoms with E-state index >= 15 is 0 Å². The molecule has 0 bridgehead atoms. The van der Waals surface area contributed by atoms with Gasteiger partial charge in [0.15, 0.2) is 0 Å². The van der Waals surface area contributed by atoms with Crippen LogP contribution >= 0.6 is 22.6 Å². The summed E-state index contributed by atoms with van der Waals surface area (Å²) in [4.78, 5) is 23.6. The van der Waals surface area contributed by atoms with E-state index in [0.29, 0.717) is 11.4 Å². The quantitative estimate of drug-likeness (QED) is 0.415. The Morgan fingerprint density at radius 3 is 2.24 bits per heavy atom. The smallest absolute Gasteiger partial charge is 0.314 e. The number of aromatic hydroxyl groups is 1. The first-order chi connectivity index (χ1) is 9.95. The molecular formula is C15H13IN2O3. The average Bonchev–Trinajstić information content (AvgIpc) is 2.44. The Balaban J connectivity index is 2.02. The van der Waals surface area contributed by atoms with Gasteiger partial charge >= 0.3 is 11.8 Å². The first kappa shape index (κ1) is 15.3. The van der Waals surface area contributed by atoms with Crippen molar-refractivity contribution in [2.75, 3.05) is 10.6 Å². The van der Waals surface area contributed by atoms with Crippen LogP contribution in [0.1, 0.15) is 5.56 Å². The monoisotopic (exact) mass is 396 g/mol. The molecule has 0 aromatic heterocycles. The highest BCUT2D eigenvalue weighted by atomic mass is 127. The molecule has 6 heteroatoms. The van der Waals surface area contributed by atoms with Gasteiger partial charge in [-0.15, -0.1) is 0 Å². The maximum absolute atomic E-state index is 11.8. The predicted molar refractivity (Wildman–Crippen MR) is 89.3 cm³/mol. The summed E-state index contributed by atoms with van der Waals surface area (Å²) in [5.74, 6) is -1.42. The third kappa shape index (κ3) is 4.19. The van der Waals surface area contributed by atoms with E-state index in [9.17, 15) is 9.59 Å². The maximum atomic E-state index is 11.8. The van der Waals surface area contributed by atoms with Gasteiger partial charge in [-0.3, -0.25) is 9.59 Å². The number of nitrogens with one attached hydrogen (secondary N) is 2. The fourth-order valence-corrected chi connectivity index (χ4v) is 2.33. The van der Waals surface area contributed by atoms with Gasteiger partial charge in [-0.05, 0) is 77.5 Å². The van der Waals surface area contributed by atoms with Crippen LogP contribution in [-0.2, 0) is 9.59 Å². The molecule has 108 valence electrons. The summed E-state index contributed by atoms with van der Waals surface area (Å²) >= 11 is 2.17. The van der Waals surface area contributed by atoms with E-state index in [1.807, 2.05) is 19.1 Å². The van der Waals surface area contributed by atoms with Gasteiger partial charge in [-0.1, -0.05) is 0 Å². The molecule has 0 radical (unpaired) electrons. The number of aryl methyl sites for hydroxylation is 1. The topological polar surface area (TPSA) is 78.4 Å². The molecule has 0 saturated carbocycles. The van der Waals surface area contributed by atoms with Crippen LogP contribution in [0, 0.1) is 10.5 Å². The molecule has 0 aliphatic carbocycles. The van der Waals surface area contributed by atoms with Crippen molar-refractivity contribution in [3.8, 4) is 5.75 Å². The predicted octanol–water partition coefficient (Wildman–Crippen LogP) is 2.88. The van der Waals surface area contributed by atoms with Crippen molar-refractivity contribution in [3.05, 3.63) is 51.6 Å². The summed E-state index contributed by atoms with van der Waals surface area (Å²) in [5.41, 5.74) is 1.92. The molecule has 2 amide bonds. The van der Waals surface area contributed by atoms with Crippen molar-refractivity contribution < 1.29 is 14.7 Å². The Labute approximate surface area is 135 Å². The van der Waals surface area contributed by atoms with Gasteiger partial charge in [0.1, 0.15) is 5.75 Å². The van der Waals surface area contributed by atoms with E-state index in [0.717, 1.165) is 9.13 Å². The van der Waals surface area contributed by atoms with Crippen LogP contribution in [0.5, 0.6) is 5.75 Å². The van der Waals surface area contributed by atoms with Crippen molar-refractivity contribution in [2.45, 2.75) is 6.92 Å². The Hall–Kier alpha value is -2.09. The molecule has 0 aliphatic rings. The molecule has 0 saturated heterocycles. The number of anilines is 2. The van der Waals surface area contributed by atoms with Gasteiger partial charge in [0, 0.05) is 14.9 Å². The second-order valence-corrected chi connectivity index (χ2v) is 5.66. The minimum absolute atomic E-state index is 0.0898. The first-order valence-corrected chi connectivity index (χ1v) is 7.21. The minimum atomic E-state index is -0.765. The van der Waals surface area contributed by atoms with E-state index in [4.69, 9.17) is 5.11 Å². The number of phenols is 1. The van der Waals surface area contributed by atoms with Crippen molar-refractivity contribution in [1.82, 2.24) is 0 Å². The van der Waals surface area contributed by atoms with Crippen LogP contribution in [0.4, 0.5) is 11.4 Å². The van der Waals surface area contributed by atoms with Crippen molar-refractivity contribution >= 4 is 45.8 Å². The fourth-order valence-electron chi connectivity index (χ4n) is 1.68. The number of halogens is 1. The number of carbonyl (C=O) groups is 2. The van der Waals surface area contributed by atoms with Crippen LogP contribution in [0.2, 0.25) is 0 Å². The molecule has 0 fully saturated rings. The Morgan fingerprint density at radius 1 is 1.00 bits per heavy atom. The molecule has 0 spiro atoms. The average molecular weight is 396 g/mol. The lowest BCUT2D eigenvalue weighted by molar-refractivity contribution is -0.133. The maximum Gasteiger partial charge on any atom is 0.314 e. The molecule has 0 heterocycles. The summed E-state index contributed by atoms with van der Waals surface area (Å²) in [7, 11) is 0. The van der Waals surface area contributed by atoms with Crippen LogP contribution in [0.15, 0.2) is 42.5 Å². The van der Waals surface area contributed by atoms with Crippen molar-refractivity contribution in [2.24, 2.45) is 0 Å². The normalized spacial score (nSPS) is 10.0. The number of rotatable bonds is 2. The van der Waals surface area contributed by atoms with E-state index in [1.165, 1.54) is 24.3 Å². The molecule has 2 aromatic carbocycles. The third-order valence-corrected chi connectivity index (χ3v) is 3.44. The number of benzene rings is 2. The largest absolute Gasteiger partial charge is 0.508 e. The molecule has 0 unspecified atom stereocenters. The molecule has 0 aliphatic heterocycles. The van der Waals surface area contributed by atoms with E-state index in [-0.39, 0.29) is 5.75 Å². The first-order valence-electron chi connectivity index (χ1n) is 6.13. The van der Waals surface area contributed by atoms with E-state index in [1.54, 1.807) is 6.07 Å². The molecule has 21 heavy (non-hydrogen) atoms. The molecule has 2 rings (SSSR count). The number of amides is 2. The lowest BCUT2D eigenvalue weighted by Crippen LogP contribution is -2.29. The zero-order valence-corrected chi connectivity index (χ0v) is 13.3. The number of hydrogen-bond acceptors (Lipinski definition) is 3. The summed E-state index contributed by atoms with van der Waals surface area (Å²) in [6.45, 7) is 1.86. The highest BCUT2D eigenvalue weighted by Crippen LogP contribution is 2.18. The summed E-state index contributed by atoms with van der Waals surface area (Å²) in [6.07, 6.45) is 0. The third-order valence-electron chi connectivity index (χ3n) is 2.77. The number of carbonyl (C=O) groups excluding carboxylic acids is 2. The van der Waals surface area contributed by atoms with Crippen LogP contribution in [0.25, 0.3) is 0 Å². The van der Waals surface area contributed by atoms with Gasteiger partial charge in [-0.2, -0.15) is 0 Å². The summed E-state index contributed by atoms with van der Waals surface area (Å²) in [5, 5.41) is 14.2. The van der Waals surface area contributed by atoms with Crippen LogP contribution < -0.4 is 10.6 Å².